The van der Waals surface area contributed by atoms with E-state index in [-0.39, 0.29) is 10.8 Å². The first-order valence-electron chi connectivity index (χ1n) is 8.44. The summed E-state index contributed by atoms with van der Waals surface area (Å²) >= 11 is 0. The van der Waals surface area contributed by atoms with Crippen LogP contribution in [0.1, 0.15) is 21.5 Å². The van der Waals surface area contributed by atoms with E-state index in [1.807, 2.05) is 31.2 Å². The third kappa shape index (κ3) is 3.95. The average Bonchev–Trinajstić information content (AvgIpc) is 2.64. The summed E-state index contributed by atoms with van der Waals surface area (Å²) in [5.41, 5.74) is 2.83. The second-order valence-electron chi connectivity index (χ2n) is 6.31. The first-order valence-corrected chi connectivity index (χ1v) is 9.88. The zero-order chi connectivity index (χ0) is 18.7. The molecule has 3 rings (SSSR count). The summed E-state index contributed by atoms with van der Waals surface area (Å²) < 4.78 is 32.2. The summed E-state index contributed by atoms with van der Waals surface area (Å²) in [6.07, 6.45) is 0. The summed E-state index contributed by atoms with van der Waals surface area (Å²) in [6, 6.07) is 12.1. The predicted molar refractivity (Wildman–Crippen MR) is 99.9 cm³/mol. The topological polar surface area (TPSA) is 75.7 Å². The molecule has 1 amide bonds. The Morgan fingerprint density at radius 3 is 2.35 bits per heavy atom. The summed E-state index contributed by atoms with van der Waals surface area (Å²) in [4.78, 5) is 12.8. The Morgan fingerprint density at radius 1 is 1.04 bits per heavy atom. The fourth-order valence-electron chi connectivity index (χ4n) is 2.78. The van der Waals surface area contributed by atoms with Gasteiger partial charge in [-0.3, -0.25) is 4.79 Å². The number of nitrogens with zero attached hydrogens (tertiary/aromatic N) is 1. The van der Waals surface area contributed by atoms with Crippen LogP contribution in [0.2, 0.25) is 0 Å². The number of carbonyl (C=O) groups excluding carboxylic acids is 1. The normalized spacial score (nSPS) is 15.6. The Hall–Kier alpha value is -2.22. The molecule has 0 aliphatic carbocycles. The van der Waals surface area contributed by atoms with Crippen molar-refractivity contribution >= 4 is 21.6 Å². The van der Waals surface area contributed by atoms with Crippen LogP contribution in [0.4, 0.5) is 5.69 Å². The van der Waals surface area contributed by atoms with Crippen LogP contribution in [-0.4, -0.2) is 44.9 Å². The molecule has 0 atom stereocenters. The minimum Gasteiger partial charge on any atom is -0.379 e. The monoisotopic (exact) mass is 374 g/mol. The quantitative estimate of drug-likeness (QED) is 0.892. The lowest BCUT2D eigenvalue weighted by Gasteiger charge is -2.26. The van der Waals surface area contributed by atoms with Crippen LogP contribution in [0.25, 0.3) is 0 Å². The lowest BCUT2D eigenvalue weighted by Crippen LogP contribution is -2.40. The highest BCUT2D eigenvalue weighted by Crippen LogP contribution is 2.21. The van der Waals surface area contributed by atoms with Crippen molar-refractivity contribution in [2.45, 2.75) is 18.7 Å². The lowest BCUT2D eigenvalue weighted by molar-refractivity contribution is 0.0730. The number of hydrogen-bond donors (Lipinski definition) is 1. The second-order valence-corrected chi connectivity index (χ2v) is 8.25. The van der Waals surface area contributed by atoms with Gasteiger partial charge in [-0.15, -0.1) is 0 Å². The number of anilines is 1. The number of ether oxygens (including phenoxy) is 1. The number of sulfonamides is 1. The first-order chi connectivity index (χ1) is 12.4. The molecule has 6 nitrogen and oxygen atoms in total. The zero-order valence-electron chi connectivity index (χ0n) is 14.9. The van der Waals surface area contributed by atoms with Gasteiger partial charge in [-0.25, -0.2) is 8.42 Å². The molecule has 1 aliphatic heterocycles. The van der Waals surface area contributed by atoms with E-state index in [0.717, 1.165) is 11.1 Å². The van der Waals surface area contributed by atoms with Gasteiger partial charge in [0.25, 0.3) is 5.91 Å². The van der Waals surface area contributed by atoms with E-state index in [0.29, 0.717) is 37.6 Å². The third-order valence-electron chi connectivity index (χ3n) is 4.37. The molecule has 1 saturated heterocycles. The first kappa shape index (κ1) is 18.6. The van der Waals surface area contributed by atoms with Crippen molar-refractivity contribution in [1.29, 1.82) is 0 Å². The highest BCUT2D eigenvalue weighted by molar-refractivity contribution is 7.89. The van der Waals surface area contributed by atoms with Gasteiger partial charge in [0.05, 0.1) is 18.1 Å². The largest absolute Gasteiger partial charge is 0.379 e. The Bertz CT molecular complexity index is 902. The minimum absolute atomic E-state index is 0.124. The van der Waals surface area contributed by atoms with Crippen molar-refractivity contribution in [3.63, 3.8) is 0 Å². The van der Waals surface area contributed by atoms with E-state index in [9.17, 15) is 13.2 Å². The van der Waals surface area contributed by atoms with Crippen molar-refractivity contribution < 1.29 is 17.9 Å². The van der Waals surface area contributed by atoms with Crippen LogP contribution >= 0.6 is 0 Å². The van der Waals surface area contributed by atoms with Gasteiger partial charge in [0.15, 0.2) is 0 Å². The van der Waals surface area contributed by atoms with Crippen molar-refractivity contribution in [3.8, 4) is 0 Å². The average molecular weight is 374 g/mol. The van der Waals surface area contributed by atoms with E-state index in [1.54, 1.807) is 19.1 Å². The van der Waals surface area contributed by atoms with Gasteiger partial charge in [0, 0.05) is 24.3 Å². The molecule has 0 bridgehead atoms. The van der Waals surface area contributed by atoms with Crippen LogP contribution in [0.5, 0.6) is 0 Å². The van der Waals surface area contributed by atoms with Gasteiger partial charge in [-0.1, -0.05) is 23.8 Å². The van der Waals surface area contributed by atoms with E-state index in [1.165, 1.54) is 10.4 Å². The number of morpholine rings is 1. The Labute approximate surface area is 153 Å². The highest BCUT2D eigenvalue weighted by Gasteiger charge is 2.27. The molecule has 0 radical (unpaired) electrons. The predicted octanol–water partition coefficient (Wildman–Crippen LogP) is 2.58. The fraction of sp³-hybridized carbons (Fsp3) is 0.316. The van der Waals surface area contributed by atoms with Crippen LogP contribution in [0, 0.1) is 13.8 Å². The Morgan fingerprint density at radius 2 is 1.69 bits per heavy atom. The maximum atomic E-state index is 12.8. The molecular weight excluding hydrogens is 352 g/mol. The van der Waals surface area contributed by atoms with Gasteiger partial charge >= 0.3 is 0 Å². The number of benzene rings is 2. The van der Waals surface area contributed by atoms with Gasteiger partial charge in [-0.2, -0.15) is 4.31 Å². The van der Waals surface area contributed by atoms with Gasteiger partial charge in [0.2, 0.25) is 10.0 Å². The molecule has 0 spiro atoms. The van der Waals surface area contributed by atoms with Crippen LogP contribution in [-0.2, 0) is 14.8 Å². The molecule has 1 heterocycles. The van der Waals surface area contributed by atoms with Gasteiger partial charge < -0.3 is 10.1 Å². The Balaban J connectivity index is 1.87. The number of rotatable bonds is 4. The molecular formula is C19H22N2O4S. The molecule has 2 aromatic rings. The van der Waals surface area contributed by atoms with E-state index >= 15 is 0 Å². The van der Waals surface area contributed by atoms with Crippen molar-refractivity contribution in [1.82, 2.24) is 4.31 Å². The Kier molecular flexibility index (Phi) is 5.41. The molecule has 1 fully saturated rings. The van der Waals surface area contributed by atoms with E-state index in [4.69, 9.17) is 4.74 Å². The maximum absolute atomic E-state index is 12.8. The maximum Gasteiger partial charge on any atom is 0.255 e. The summed E-state index contributed by atoms with van der Waals surface area (Å²) in [6.45, 7) is 5.16. The van der Waals surface area contributed by atoms with Crippen LogP contribution in [0.3, 0.4) is 0 Å². The molecule has 2 aromatic carbocycles. The number of nitrogens with one attached hydrogen (secondary N) is 1. The summed E-state index contributed by atoms with van der Waals surface area (Å²) in [5, 5.41) is 2.82. The zero-order valence-corrected chi connectivity index (χ0v) is 15.7. The number of aryl methyl sites for hydroxylation is 2. The molecule has 138 valence electrons. The lowest BCUT2D eigenvalue weighted by atomic mass is 10.1. The summed E-state index contributed by atoms with van der Waals surface area (Å²) in [5.74, 6) is -0.328. The molecule has 1 N–H and O–H groups in total. The van der Waals surface area contributed by atoms with E-state index in [2.05, 4.69) is 5.32 Å². The second kappa shape index (κ2) is 7.57. The minimum atomic E-state index is -3.64. The molecule has 0 unspecified atom stereocenters. The third-order valence-corrected chi connectivity index (χ3v) is 6.27. The van der Waals surface area contributed by atoms with Gasteiger partial charge in [-0.05, 0) is 43.7 Å². The van der Waals surface area contributed by atoms with Gasteiger partial charge in [0.1, 0.15) is 0 Å². The molecule has 26 heavy (non-hydrogen) atoms. The van der Waals surface area contributed by atoms with E-state index < -0.39 is 10.0 Å². The molecule has 0 saturated carbocycles. The molecule has 0 aromatic heterocycles. The molecule has 7 heteroatoms. The summed E-state index contributed by atoms with van der Waals surface area (Å²) in [7, 11) is -3.64. The highest BCUT2D eigenvalue weighted by atomic mass is 32.2. The van der Waals surface area contributed by atoms with Crippen molar-refractivity contribution in [2.75, 3.05) is 31.6 Å². The van der Waals surface area contributed by atoms with Crippen LogP contribution < -0.4 is 5.32 Å². The number of amides is 1. The van der Waals surface area contributed by atoms with Crippen molar-refractivity contribution in [3.05, 3.63) is 59.2 Å². The SMILES string of the molecule is Cc1ccc(NC(=O)c2cc(S(=O)(=O)N3CCOCC3)ccc2C)cc1. The standard InChI is InChI=1S/C19H22N2O4S/c1-14-3-6-16(7-4-14)20-19(22)18-13-17(8-5-15(18)2)26(23,24)21-9-11-25-12-10-21/h3-8,13H,9-12H2,1-2H3,(H,20,22). The fourth-order valence-corrected chi connectivity index (χ4v) is 4.21. The van der Waals surface area contributed by atoms with Crippen molar-refractivity contribution in [2.24, 2.45) is 0 Å². The number of hydrogen-bond acceptors (Lipinski definition) is 4. The molecule has 1 aliphatic rings. The number of carbonyl (C=O) groups is 1. The van der Waals surface area contributed by atoms with Crippen LogP contribution in [0.15, 0.2) is 47.4 Å². The smallest absolute Gasteiger partial charge is 0.255 e.